The third-order valence-electron chi connectivity index (χ3n) is 2.10. The fourth-order valence-corrected chi connectivity index (χ4v) is 1.42. The number of aromatic nitrogens is 2. The SMILES string of the molecule is CSCCn1cc(NC(=O)C(C)(C)C)cn1. The lowest BCUT2D eigenvalue weighted by Crippen LogP contribution is -2.27. The molecular weight excluding hydrogens is 222 g/mol. The first-order chi connectivity index (χ1) is 7.43. The molecule has 1 N–H and O–H groups in total. The largest absolute Gasteiger partial charge is 0.323 e. The molecule has 0 saturated carbocycles. The van der Waals surface area contributed by atoms with Crippen molar-refractivity contribution >= 4 is 23.4 Å². The van der Waals surface area contributed by atoms with Crippen molar-refractivity contribution in [1.82, 2.24) is 9.78 Å². The number of nitrogens with zero attached hydrogens (tertiary/aromatic N) is 2. The van der Waals surface area contributed by atoms with E-state index in [1.54, 1.807) is 18.0 Å². The zero-order chi connectivity index (χ0) is 12.2. The van der Waals surface area contributed by atoms with Gasteiger partial charge in [-0.05, 0) is 6.26 Å². The molecule has 0 unspecified atom stereocenters. The molecule has 0 spiro atoms. The van der Waals surface area contributed by atoms with Crippen molar-refractivity contribution in [2.24, 2.45) is 5.41 Å². The van der Waals surface area contributed by atoms with E-state index in [0.29, 0.717) is 0 Å². The van der Waals surface area contributed by atoms with Crippen molar-refractivity contribution in [3.05, 3.63) is 12.4 Å². The normalized spacial score (nSPS) is 11.5. The molecule has 5 heteroatoms. The summed E-state index contributed by atoms with van der Waals surface area (Å²) in [5.41, 5.74) is 0.391. The van der Waals surface area contributed by atoms with E-state index < -0.39 is 0 Å². The summed E-state index contributed by atoms with van der Waals surface area (Å²) in [6.07, 6.45) is 5.61. The van der Waals surface area contributed by atoms with Gasteiger partial charge in [-0.25, -0.2) is 0 Å². The third-order valence-corrected chi connectivity index (χ3v) is 2.69. The van der Waals surface area contributed by atoms with Crippen LogP contribution in [0.15, 0.2) is 12.4 Å². The highest BCUT2D eigenvalue weighted by Gasteiger charge is 2.21. The maximum atomic E-state index is 11.7. The number of hydrogen-bond donors (Lipinski definition) is 1. The van der Waals surface area contributed by atoms with Gasteiger partial charge in [-0.3, -0.25) is 9.48 Å². The first-order valence-corrected chi connectivity index (χ1v) is 6.65. The summed E-state index contributed by atoms with van der Waals surface area (Å²) in [4.78, 5) is 11.7. The molecule has 1 aromatic heterocycles. The molecule has 1 heterocycles. The van der Waals surface area contributed by atoms with Crippen molar-refractivity contribution in [2.45, 2.75) is 27.3 Å². The number of aryl methyl sites for hydroxylation is 1. The number of carbonyl (C=O) groups is 1. The maximum absolute atomic E-state index is 11.7. The zero-order valence-electron chi connectivity index (χ0n) is 10.3. The van der Waals surface area contributed by atoms with Gasteiger partial charge in [0.15, 0.2) is 0 Å². The summed E-state index contributed by atoms with van der Waals surface area (Å²) in [6.45, 7) is 6.54. The second-order valence-corrected chi connectivity index (χ2v) is 5.67. The van der Waals surface area contributed by atoms with Crippen LogP contribution in [0.4, 0.5) is 5.69 Å². The summed E-state index contributed by atoms with van der Waals surface area (Å²) >= 11 is 1.78. The van der Waals surface area contributed by atoms with E-state index in [1.807, 2.05) is 31.6 Å². The molecular formula is C11H19N3OS. The molecule has 0 bridgehead atoms. The Bertz CT molecular complexity index is 354. The summed E-state index contributed by atoms with van der Waals surface area (Å²) in [5.74, 6) is 1.03. The van der Waals surface area contributed by atoms with Gasteiger partial charge in [0.2, 0.25) is 5.91 Å². The van der Waals surface area contributed by atoms with E-state index in [-0.39, 0.29) is 11.3 Å². The van der Waals surface area contributed by atoms with Gasteiger partial charge in [-0.15, -0.1) is 0 Å². The molecule has 0 aliphatic rings. The van der Waals surface area contributed by atoms with Gasteiger partial charge in [-0.2, -0.15) is 16.9 Å². The van der Waals surface area contributed by atoms with Crippen LogP contribution in [-0.2, 0) is 11.3 Å². The van der Waals surface area contributed by atoms with Gasteiger partial charge >= 0.3 is 0 Å². The average Bonchev–Trinajstić information content (AvgIpc) is 2.61. The van der Waals surface area contributed by atoms with Crippen molar-refractivity contribution < 1.29 is 4.79 Å². The monoisotopic (exact) mass is 241 g/mol. The molecule has 0 aliphatic carbocycles. The fraction of sp³-hybridized carbons (Fsp3) is 0.636. The molecule has 0 saturated heterocycles. The topological polar surface area (TPSA) is 46.9 Å². The lowest BCUT2D eigenvalue weighted by atomic mass is 9.96. The second kappa shape index (κ2) is 5.39. The Morgan fingerprint density at radius 3 is 2.81 bits per heavy atom. The molecule has 0 aromatic carbocycles. The van der Waals surface area contributed by atoms with E-state index in [9.17, 15) is 4.79 Å². The maximum Gasteiger partial charge on any atom is 0.229 e. The minimum Gasteiger partial charge on any atom is -0.323 e. The number of nitrogens with one attached hydrogen (secondary N) is 1. The Labute approximate surface area is 101 Å². The average molecular weight is 241 g/mol. The number of thioether (sulfide) groups is 1. The van der Waals surface area contributed by atoms with Crippen molar-refractivity contribution in [3.8, 4) is 0 Å². The van der Waals surface area contributed by atoms with Crippen LogP contribution in [0.2, 0.25) is 0 Å². The highest BCUT2D eigenvalue weighted by molar-refractivity contribution is 7.98. The van der Waals surface area contributed by atoms with Gasteiger partial charge < -0.3 is 5.32 Å². The van der Waals surface area contributed by atoms with Gasteiger partial charge in [0.1, 0.15) is 0 Å². The Kier molecular flexibility index (Phi) is 4.41. The number of amides is 1. The number of rotatable bonds is 4. The number of hydrogen-bond acceptors (Lipinski definition) is 3. The van der Waals surface area contributed by atoms with Crippen LogP contribution >= 0.6 is 11.8 Å². The minimum absolute atomic E-state index is 0.0110. The predicted octanol–water partition coefficient (Wildman–Crippen LogP) is 2.23. The first kappa shape index (κ1) is 13.1. The smallest absolute Gasteiger partial charge is 0.229 e. The molecule has 16 heavy (non-hydrogen) atoms. The van der Waals surface area contributed by atoms with E-state index in [1.165, 1.54) is 0 Å². The zero-order valence-corrected chi connectivity index (χ0v) is 11.1. The van der Waals surface area contributed by atoms with Crippen LogP contribution < -0.4 is 5.32 Å². The van der Waals surface area contributed by atoms with E-state index in [2.05, 4.69) is 16.7 Å². The molecule has 90 valence electrons. The Hall–Kier alpha value is -0.970. The summed E-state index contributed by atoms with van der Waals surface area (Å²) in [7, 11) is 0. The summed E-state index contributed by atoms with van der Waals surface area (Å²) in [6, 6.07) is 0. The van der Waals surface area contributed by atoms with E-state index >= 15 is 0 Å². The predicted molar refractivity (Wildman–Crippen MR) is 68.7 cm³/mol. The van der Waals surface area contributed by atoms with Crippen LogP contribution in [0.1, 0.15) is 20.8 Å². The third kappa shape index (κ3) is 3.89. The second-order valence-electron chi connectivity index (χ2n) is 4.69. The van der Waals surface area contributed by atoms with Gasteiger partial charge in [-0.1, -0.05) is 20.8 Å². The van der Waals surface area contributed by atoms with Gasteiger partial charge in [0.05, 0.1) is 18.4 Å². The Morgan fingerprint density at radius 1 is 1.56 bits per heavy atom. The first-order valence-electron chi connectivity index (χ1n) is 5.26. The van der Waals surface area contributed by atoms with Crippen LogP contribution in [0, 0.1) is 5.41 Å². The Balaban J connectivity index is 2.55. The highest BCUT2D eigenvalue weighted by Crippen LogP contribution is 2.16. The molecule has 1 rings (SSSR count). The summed E-state index contributed by atoms with van der Waals surface area (Å²) in [5, 5.41) is 7.03. The van der Waals surface area contributed by atoms with Crippen LogP contribution in [-0.4, -0.2) is 27.7 Å². The van der Waals surface area contributed by atoms with Gasteiger partial charge in [0, 0.05) is 17.4 Å². The molecule has 1 amide bonds. The lowest BCUT2D eigenvalue weighted by Gasteiger charge is -2.16. The van der Waals surface area contributed by atoms with Crippen LogP contribution in [0.3, 0.4) is 0 Å². The number of carbonyl (C=O) groups excluding carboxylic acids is 1. The summed E-state index contributed by atoms with van der Waals surface area (Å²) < 4.78 is 1.84. The molecule has 0 atom stereocenters. The van der Waals surface area contributed by atoms with E-state index in [0.717, 1.165) is 18.0 Å². The molecule has 0 radical (unpaired) electrons. The van der Waals surface area contributed by atoms with Gasteiger partial charge in [0.25, 0.3) is 0 Å². The molecule has 0 aliphatic heterocycles. The molecule has 0 fully saturated rings. The minimum atomic E-state index is -0.374. The van der Waals surface area contributed by atoms with Crippen molar-refractivity contribution in [3.63, 3.8) is 0 Å². The van der Waals surface area contributed by atoms with Crippen molar-refractivity contribution in [1.29, 1.82) is 0 Å². The van der Waals surface area contributed by atoms with Crippen LogP contribution in [0.25, 0.3) is 0 Å². The Morgan fingerprint density at radius 2 is 2.25 bits per heavy atom. The standard InChI is InChI=1S/C11H19N3OS/c1-11(2,3)10(15)13-9-7-12-14(8-9)5-6-16-4/h7-8H,5-6H2,1-4H3,(H,13,15). The molecule has 1 aromatic rings. The highest BCUT2D eigenvalue weighted by atomic mass is 32.2. The van der Waals surface area contributed by atoms with Crippen LogP contribution in [0.5, 0.6) is 0 Å². The fourth-order valence-electron chi connectivity index (χ4n) is 1.05. The van der Waals surface area contributed by atoms with E-state index in [4.69, 9.17) is 0 Å². The van der Waals surface area contributed by atoms with Crippen molar-refractivity contribution in [2.75, 3.05) is 17.3 Å². The quantitative estimate of drug-likeness (QED) is 0.879. The molecule has 4 nitrogen and oxygen atoms in total. The lowest BCUT2D eigenvalue weighted by molar-refractivity contribution is -0.123. The number of anilines is 1.